The number of carbonyl (C=O) groups excluding carboxylic acids is 2. The van der Waals surface area contributed by atoms with Crippen molar-refractivity contribution in [3.8, 4) is 0 Å². The van der Waals surface area contributed by atoms with Gasteiger partial charge in [-0.3, -0.25) is 9.59 Å². The van der Waals surface area contributed by atoms with Crippen molar-refractivity contribution in [3.63, 3.8) is 0 Å². The van der Waals surface area contributed by atoms with Crippen LogP contribution in [0.25, 0.3) is 5.70 Å². The van der Waals surface area contributed by atoms with Crippen LogP contribution < -0.4 is 4.90 Å². The van der Waals surface area contributed by atoms with E-state index in [-0.39, 0.29) is 11.8 Å². The number of nitrogens with zero attached hydrogens (tertiary/aromatic N) is 3. The van der Waals surface area contributed by atoms with Gasteiger partial charge in [0, 0.05) is 61.7 Å². The lowest BCUT2D eigenvalue weighted by atomic mass is 10.1. The first-order chi connectivity index (χ1) is 14.0. The van der Waals surface area contributed by atoms with Gasteiger partial charge in [-0.25, -0.2) is 0 Å². The third kappa shape index (κ3) is 3.53. The normalized spacial score (nSPS) is 16.4. The topological polar surface area (TPSA) is 43.9 Å². The van der Waals surface area contributed by atoms with Crippen LogP contribution >= 0.6 is 0 Å². The summed E-state index contributed by atoms with van der Waals surface area (Å²) in [7, 11) is 0. The van der Waals surface area contributed by atoms with Crippen molar-refractivity contribution in [1.29, 1.82) is 0 Å². The number of rotatable bonds is 4. The van der Waals surface area contributed by atoms with Crippen molar-refractivity contribution in [1.82, 2.24) is 9.80 Å². The van der Waals surface area contributed by atoms with Gasteiger partial charge >= 0.3 is 0 Å². The summed E-state index contributed by atoms with van der Waals surface area (Å²) in [6.45, 7) is 11.8. The Morgan fingerprint density at radius 3 is 2.34 bits per heavy atom. The fraction of sp³-hybridized carbons (Fsp3) is 0.333. The maximum Gasteiger partial charge on any atom is 0.258 e. The Hall–Kier alpha value is -3.08. The zero-order valence-electron chi connectivity index (χ0n) is 17.1. The van der Waals surface area contributed by atoms with Crippen molar-refractivity contribution in [2.24, 2.45) is 0 Å². The van der Waals surface area contributed by atoms with Crippen LogP contribution in [-0.4, -0.2) is 54.3 Å². The summed E-state index contributed by atoms with van der Waals surface area (Å²) < 4.78 is 0. The summed E-state index contributed by atoms with van der Waals surface area (Å²) in [5.41, 5.74) is 6.08. The molecule has 0 N–H and O–H groups in total. The standard InChI is InChI=1S/C24H27N3O2/c1-17-7-6-10-22(18(17)2)25-13-15-26(16-14-25)23(28)11-12-27-19(3)20-8-4-5-9-21(20)24(27)29/h4-10H,3,11-16H2,1-2H3. The molecular weight excluding hydrogens is 362 g/mol. The Kier molecular flexibility index (Phi) is 5.14. The summed E-state index contributed by atoms with van der Waals surface area (Å²) in [6.07, 6.45) is 0.322. The molecule has 150 valence electrons. The first-order valence-corrected chi connectivity index (χ1v) is 10.2. The third-order valence-electron chi connectivity index (χ3n) is 6.14. The number of hydrogen-bond donors (Lipinski definition) is 0. The summed E-state index contributed by atoms with van der Waals surface area (Å²) >= 11 is 0. The lowest BCUT2D eigenvalue weighted by Crippen LogP contribution is -2.49. The fourth-order valence-corrected chi connectivity index (χ4v) is 4.21. The predicted octanol–water partition coefficient (Wildman–Crippen LogP) is 3.47. The van der Waals surface area contributed by atoms with E-state index >= 15 is 0 Å². The van der Waals surface area contributed by atoms with Crippen molar-refractivity contribution < 1.29 is 9.59 Å². The molecule has 4 rings (SSSR count). The molecule has 2 aromatic rings. The second kappa shape index (κ2) is 7.74. The summed E-state index contributed by atoms with van der Waals surface area (Å²) in [6, 6.07) is 13.9. The van der Waals surface area contributed by atoms with Crippen LogP contribution in [0.1, 0.15) is 33.5 Å². The van der Waals surface area contributed by atoms with Crippen LogP contribution in [-0.2, 0) is 4.79 Å². The van der Waals surface area contributed by atoms with Gasteiger partial charge in [0.05, 0.1) is 0 Å². The molecule has 5 nitrogen and oxygen atoms in total. The van der Waals surface area contributed by atoms with E-state index in [1.54, 1.807) is 4.90 Å². The van der Waals surface area contributed by atoms with Crippen molar-refractivity contribution >= 4 is 23.2 Å². The smallest absolute Gasteiger partial charge is 0.258 e. The Labute approximate surface area is 172 Å². The molecule has 2 amide bonds. The minimum absolute atomic E-state index is 0.0573. The largest absolute Gasteiger partial charge is 0.368 e. The molecule has 2 heterocycles. The molecule has 0 aliphatic carbocycles. The van der Waals surface area contributed by atoms with Gasteiger partial charge in [0.2, 0.25) is 5.91 Å². The molecule has 1 saturated heterocycles. The van der Waals surface area contributed by atoms with Gasteiger partial charge in [0.1, 0.15) is 0 Å². The van der Waals surface area contributed by atoms with Crippen LogP contribution in [0.5, 0.6) is 0 Å². The molecule has 0 unspecified atom stereocenters. The average molecular weight is 389 g/mol. The van der Waals surface area contributed by atoms with E-state index in [0.29, 0.717) is 37.3 Å². The van der Waals surface area contributed by atoms with E-state index in [4.69, 9.17) is 0 Å². The molecule has 0 radical (unpaired) electrons. The molecule has 0 spiro atoms. The minimum atomic E-state index is -0.0573. The lowest BCUT2D eigenvalue weighted by molar-refractivity contribution is -0.131. The maximum absolute atomic E-state index is 12.7. The summed E-state index contributed by atoms with van der Waals surface area (Å²) in [5, 5.41) is 0. The number of carbonyl (C=O) groups is 2. The van der Waals surface area contributed by atoms with Gasteiger partial charge in [-0.2, -0.15) is 0 Å². The van der Waals surface area contributed by atoms with Gasteiger partial charge in [-0.1, -0.05) is 36.9 Å². The van der Waals surface area contributed by atoms with Gasteiger partial charge in [0.25, 0.3) is 5.91 Å². The molecule has 0 saturated carbocycles. The van der Waals surface area contributed by atoms with E-state index in [0.717, 1.165) is 18.7 Å². The molecule has 2 aliphatic rings. The second-order valence-corrected chi connectivity index (χ2v) is 7.79. The number of piperazine rings is 1. The van der Waals surface area contributed by atoms with E-state index in [9.17, 15) is 9.59 Å². The highest BCUT2D eigenvalue weighted by atomic mass is 16.2. The first-order valence-electron chi connectivity index (χ1n) is 10.2. The monoisotopic (exact) mass is 389 g/mol. The van der Waals surface area contributed by atoms with E-state index in [2.05, 4.69) is 43.5 Å². The van der Waals surface area contributed by atoms with Crippen LogP contribution in [0.2, 0.25) is 0 Å². The zero-order valence-corrected chi connectivity index (χ0v) is 17.1. The lowest BCUT2D eigenvalue weighted by Gasteiger charge is -2.37. The van der Waals surface area contributed by atoms with E-state index in [1.165, 1.54) is 16.8 Å². The summed E-state index contributed by atoms with van der Waals surface area (Å²) in [4.78, 5) is 31.2. The molecule has 2 aliphatic heterocycles. The Morgan fingerprint density at radius 1 is 0.966 bits per heavy atom. The number of fused-ring (bicyclic) bond motifs is 1. The molecule has 1 fully saturated rings. The Morgan fingerprint density at radius 2 is 1.66 bits per heavy atom. The number of aryl methyl sites for hydroxylation is 1. The van der Waals surface area contributed by atoms with Crippen LogP contribution in [0.15, 0.2) is 49.0 Å². The fourth-order valence-electron chi connectivity index (χ4n) is 4.21. The Balaban J connectivity index is 1.32. The van der Waals surface area contributed by atoms with E-state index < -0.39 is 0 Å². The van der Waals surface area contributed by atoms with Gasteiger partial charge in [-0.05, 0) is 37.1 Å². The third-order valence-corrected chi connectivity index (χ3v) is 6.14. The van der Waals surface area contributed by atoms with Gasteiger partial charge in [-0.15, -0.1) is 0 Å². The average Bonchev–Trinajstić information content (AvgIpc) is 2.99. The minimum Gasteiger partial charge on any atom is -0.368 e. The molecule has 29 heavy (non-hydrogen) atoms. The quantitative estimate of drug-likeness (QED) is 0.804. The summed E-state index contributed by atoms with van der Waals surface area (Å²) in [5.74, 6) is 0.0420. The van der Waals surface area contributed by atoms with Crippen molar-refractivity contribution in [2.45, 2.75) is 20.3 Å². The molecule has 0 bridgehead atoms. The highest BCUT2D eigenvalue weighted by Gasteiger charge is 2.31. The highest BCUT2D eigenvalue weighted by Crippen LogP contribution is 2.31. The van der Waals surface area contributed by atoms with Crippen molar-refractivity contribution in [3.05, 3.63) is 71.3 Å². The maximum atomic E-state index is 12.7. The van der Waals surface area contributed by atoms with Crippen LogP contribution in [0.4, 0.5) is 5.69 Å². The molecular formula is C24H27N3O2. The van der Waals surface area contributed by atoms with E-state index in [1.807, 2.05) is 29.2 Å². The SMILES string of the molecule is C=C1c2ccccc2C(=O)N1CCC(=O)N1CCN(c2cccc(C)c2C)CC1. The molecule has 5 heteroatoms. The molecule has 0 aromatic heterocycles. The number of benzene rings is 2. The predicted molar refractivity (Wildman–Crippen MR) is 116 cm³/mol. The molecule has 0 atom stereocenters. The Bertz CT molecular complexity index is 939. The number of hydrogen-bond acceptors (Lipinski definition) is 3. The first kappa shape index (κ1) is 19.2. The molecule has 2 aromatic carbocycles. The van der Waals surface area contributed by atoms with Gasteiger partial charge < -0.3 is 14.7 Å². The van der Waals surface area contributed by atoms with Crippen LogP contribution in [0.3, 0.4) is 0 Å². The number of amides is 2. The zero-order chi connectivity index (χ0) is 20.5. The number of anilines is 1. The van der Waals surface area contributed by atoms with Crippen LogP contribution in [0, 0.1) is 13.8 Å². The van der Waals surface area contributed by atoms with Crippen molar-refractivity contribution in [2.75, 3.05) is 37.6 Å². The second-order valence-electron chi connectivity index (χ2n) is 7.79. The highest BCUT2D eigenvalue weighted by molar-refractivity contribution is 6.08. The van der Waals surface area contributed by atoms with Gasteiger partial charge in [0.15, 0.2) is 0 Å².